The third-order valence-electron chi connectivity index (χ3n) is 3.01. The van der Waals surface area contributed by atoms with Crippen LogP contribution < -0.4 is 10.6 Å². The Morgan fingerprint density at radius 1 is 1.35 bits per heavy atom. The van der Waals surface area contributed by atoms with Gasteiger partial charge in [-0.15, -0.1) is 0 Å². The molecule has 0 unspecified atom stereocenters. The summed E-state index contributed by atoms with van der Waals surface area (Å²) in [6.45, 7) is 5.37. The highest BCUT2D eigenvalue weighted by atomic mass is 32.1. The van der Waals surface area contributed by atoms with Gasteiger partial charge in [0.2, 0.25) is 0 Å². The fraction of sp³-hybridized carbons (Fsp3) is 0.500. The number of aryl methyl sites for hydroxylation is 1. The zero-order valence-electron chi connectivity index (χ0n) is 11.0. The summed E-state index contributed by atoms with van der Waals surface area (Å²) in [6.07, 6.45) is 3.78. The Bertz CT molecular complexity index is 388. The molecule has 0 aliphatic heterocycles. The van der Waals surface area contributed by atoms with E-state index in [4.69, 9.17) is 18.0 Å². The van der Waals surface area contributed by atoms with Crippen molar-refractivity contribution in [2.45, 2.75) is 33.1 Å². The number of thiocarbonyl (C=S) groups is 1. The average molecular weight is 250 g/mol. The van der Waals surface area contributed by atoms with Gasteiger partial charge in [0.05, 0.1) is 0 Å². The summed E-state index contributed by atoms with van der Waals surface area (Å²) in [4.78, 5) is 2.76. The number of nitrogens with two attached hydrogens (primary N) is 1. The molecule has 0 spiro atoms. The van der Waals surface area contributed by atoms with Gasteiger partial charge in [0.1, 0.15) is 4.99 Å². The lowest BCUT2D eigenvalue weighted by molar-refractivity contribution is 0.705. The topological polar surface area (TPSA) is 29.3 Å². The summed E-state index contributed by atoms with van der Waals surface area (Å²) in [5.41, 5.74) is 9.02. The van der Waals surface area contributed by atoms with Crippen LogP contribution in [0.3, 0.4) is 0 Å². The average Bonchev–Trinajstić information content (AvgIpc) is 2.28. The first-order valence-corrected chi connectivity index (χ1v) is 6.58. The maximum absolute atomic E-state index is 5.66. The minimum atomic E-state index is 0.475. The molecule has 0 aliphatic rings. The molecule has 3 heteroatoms. The highest BCUT2D eigenvalue weighted by Gasteiger charge is 2.05. The molecule has 0 atom stereocenters. The Balaban J connectivity index is 2.72. The molecule has 94 valence electrons. The van der Waals surface area contributed by atoms with E-state index in [1.54, 1.807) is 0 Å². The molecular weight excluding hydrogens is 228 g/mol. The summed E-state index contributed by atoms with van der Waals surface area (Å²) in [7, 11) is 2.13. The molecule has 0 radical (unpaired) electrons. The number of rotatable bonds is 6. The van der Waals surface area contributed by atoms with E-state index in [2.05, 4.69) is 37.9 Å². The van der Waals surface area contributed by atoms with E-state index < -0.39 is 0 Å². The number of anilines is 1. The standard InChI is InChI=1S/C14H22N2S/c1-4-5-6-9-16(3)12-7-8-13(14(15)17)11(2)10-12/h7-8,10H,4-6,9H2,1-3H3,(H2,15,17). The molecule has 2 nitrogen and oxygen atoms in total. The molecule has 0 saturated carbocycles. The Hall–Kier alpha value is -1.09. The van der Waals surface area contributed by atoms with E-state index in [0.29, 0.717) is 4.99 Å². The predicted octanol–water partition coefficient (Wildman–Crippen LogP) is 3.26. The van der Waals surface area contributed by atoms with Crippen LogP contribution in [0.1, 0.15) is 37.3 Å². The molecule has 17 heavy (non-hydrogen) atoms. The largest absolute Gasteiger partial charge is 0.389 e. The maximum Gasteiger partial charge on any atom is 0.104 e. The molecule has 0 fully saturated rings. The summed E-state index contributed by atoms with van der Waals surface area (Å²) in [6, 6.07) is 6.26. The van der Waals surface area contributed by atoms with Gasteiger partial charge in [-0.3, -0.25) is 0 Å². The molecule has 1 aromatic rings. The van der Waals surface area contributed by atoms with Crippen molar-refractivity contribution in [3.63, 3.8) is 0 Å². The first-order valence-electron chi connectivity index (χ1n) is 6.17. The van der Waals surface area contributed by atoms with Crippen molar-refractivity contribution in [3.8, 4) is 0 Å². The molecule has 1 aromatic carbocycles. The van der Waals surface area contributed by atoms with E-state index >= 15 is 0 Å². The lowest BCUT2D eigenvalue weighted by Gasteiger charge is -2.20. The van der Waals surface area contributed by atoms with Crippen LogP contribution >= 0.6 is 12.2 Å². The van der Waals surface area contributed by atoms with Crippen LogP contribution in [0.5, 0.6) is 0 Å². The normalized spacial score (nSPS) is 10.3. The Labute approximate surface area is 110 Å². The van der Waals surface area contributed by atoms with Gasteiger partial charge in [-0.25, -0.2) is 0 Å². The highest BCUT2D eigenvalue weighted by Crippen LogP contribution is 2.18. The first-order chi connectivity index (χ1) is 8.06. The van der Waals surface area contributed by atoms with Crippen molar-refractivity contribution in [1.82, 2.24) is 0 Å². The second-order valence-electron chi connectivity index (χ2n) is 4.49. The molecule has 0 amide bonds. The third kappa shape index (κ3) is 4.00. The zero-order valence-corrected chi connectivity index (χ0v) is 11.8. The number of benzene rings is 1. The van der Waals surface area contributed by atoms with E-state index in [1.165, 1.54) is 24.9 Å². The lowest BCUT2D eigenvalue weighted by Crippen LogP contribution is -2.19. The van der Waals surface area contributed by atoms with Gasteiger partial charge in [0, 0.05) is 24.8 Å². The van der Waals surface area contributed by atoms with Gasteiger partial charge in [-0.1, -0.05) is 32.0 Å². The molecule has 1 rings (SSSR count). The van der Waals surface area contributed by atoms with Gasteiger partial charge >= 0.3 is 0 Å². The molecular formula is C14H22N2S. The van der Waals surface area contributed by atoms with Crippen molar-refractivity contribution in [1.29, 1.82) is 0 Å². The third-order valence-corrected chi connectivity index (χ3v) is 3.23. The minimum Gasteiger partial charge on any atom is -0.389 e. The number of nitrogens with zero attached hydrogens (tertiary/aromatic N) is 1. The second-order valence-corrected chi connectivity index (χ2v) is 4.93. The number of hydrogen-bond donors (Lipinski definition) is 1. The minimum absolute atomic E-state index is 0.475. The monoisotopic (exact) mass is 250 g/mol. The van der Waals surface area contributed by atoms with Crippen LogP contribution in [0, 0.1) is 6.92 Å². The van der Waals surface area contributed by atoms with Crippen LogP contribution in [0.25, 0.3) is 0 Å². The first kappa shape index (κ1) is 14.0. The summed E-state index contributed by atoms with van der Waals surface area (Å²) in [5.74, 6) is 0. The van der Waals surface area contributed by atoms with Crippen molar-refractivity contribution in [2.24, 2.45) is 5.73 Å². The summed E-state index contributed by atoms with van der Waals surface area (Å²) in [5, 5.41) is 0. The zero-order chi connectivity index (χ0) is 12.8. The molecule has 0 aliphatic carbocycles. The lowest BCUT2D eigenvalue weighted by atomic mass is 10.1. The van der Waals surface area contributed by atoms with Gasteiger partial charge < -0.3 is 10.6 Å². The van der Waals surface area contributed by atoms with Crippen molar-refractivity contribution >= 4 is 22.9 Å². The van der Waals surface area contributed by atoms with Crippen molar-refractivity contribution < 1.29 is 0 Å². The molecule has 0 heterocycles. The Kier molecular flexibility index (Phi) is 5.42. The number of unbranched alkanes of at least 4 members (excludes halogenated alkanes) is 2. The summed E-state index contributed by atoms with van der Waals surface area (Å²) < 4.78 is 0. The Morgan fingerprint density at radius 2 is 2.06 bits per heavy atom. The van der Waals surface area contributed by atoms with Gasteiger partial charge in [-0.2, -0.15) is 0 Å². The van der Waals surface area contributed by atoms with E-state index in [1.807, 2.05) is 6.07 Å². The molecule has 0 saturated heterocycles. The van der Waals surface area contributed by atoms with Crippen LogP contribution in [0.4, 0.5) is 5.69 Å². The fourth-order valence-electron chi connectivity index (χ4n) is 1.89. The van der Waals surface area contributed by atoms with E-state index in [9.17, 15) is 0 Å². The quantitative estimate of drug-likeness (QED) is 0.621. The predicted molar refractivity (Wildman–Crippen MR) is 79.9 cm³/mol. The van der Waals surface area contributed by atoms with Crippen LogP contribution in [-0.4, -0.2) is 18.6 Å². The fourth-order valence-corrected chi connectivity index (χ4v) is 2.12. The highest BCUT2D eigenvalue weighted by molar-refractivity contribution is 7.80. The Morgan fingerprint density at radius 3 is 2.59 bits per heavy atom. The second kappa shape index (κ2) is 6.60. The molecule has 2 N–H and O–H groups in total. The van der Waals surface area contributed by atoms with E-state index in [-0.39, 0.29) is 0 Å². The SMILES string of the molecule is CCCCCN(C)c1ccc(C(N)=S)c(C)c1. The van der Waals surface area contributed by atoms with Gasteiger partial charge in [0.15, 0.2) is 0 Å². The van der Waals surface area contributed by atoms with Crippen LogP contribution in [0.15, 0.2) is 18.2 Å². The van der Waals surface area contributed by atoms with Crippen LogP contribution in [0.2, 0.25) is 0 Å². The number of hydrogen-bond acceptors (Lipinski definition) is 2. The summed E-state index contributed by atoms with van der Waals surface area (Å²) >= 11 is 5.01. The van der Waals surface area contributed by atoms with Crippen molar-refractivity contribution in [3.05, 3.63) is 29.3 Å². The smallest absolute Gasteiger partial charge is 0.104 e. The van der Waals surface area contributed by atoms with Crippen molar-refractivity contribution in [2.75, 3.05) is 18.5 Å². The van der Waals surface area contributed by atoms with E-state index in [0.717, 1.165) is 17.7 Å². The molecule has 0 bridgehead atoms. The van der Waals surface area contributed by atoms with Crippen LogP contribution in [-0.2, 0) is 0 Å². The van der Waals surface area contributed by atoms with Gasteiger partial charge in [0.25, 0.3) is 0 Å². The molecule has 0 aromatic heterocycles. The maximum atomic E-state index is 5.66. The van der Waals surface area contributed by atoms with Gasteiger partial charge in [-0.05, 0) is 37.1 Å².